The van der Waals surface area contributed by atoms with Crippen molar-refractivity contribution in [3.63, 3.8) is 0 Å². The summed E-state index contributed by atoms with van der Waals surface area (Å²) >= 11 is 0. The molecule has 1 amide bonds. The summed E-state index contributed by atoms with van der Waals surface area (Å²) in [6.45, 7) is 7.04. The Kier molecular flexibility index (Phi) is 4.56. The molecule has 0 aliphatic carbocycles. The Morgan fingerprint density at radius 2 is 2.00 bits per heavy atom. The Bertz CT molecular complexity index is 955. The lowest BCUT2D eigenvalue weighted by atomic mass is 9.90. The van der Waals surface area contributed by atoms with Crippen LogP contribution in [0.4, 0.5) is 0 Å². The molecule has 6 heteroatoms. The highest BCUT2D eigenvalue weighted by atomic mass is 16.4. The maximum atomic E-state index is 12.9. The number of carbonyl (C=O) groups is 1. The van der Waals surface area contributed by atoms with E-state index in [0.29, 0.717) is 23.9 Å². The molecule has 140 valence electrons. The van der Waals surface area contributed by atoms with Crippen LogP contribution in [-0.4, -0.2) is 39.1 Å². The molecule has 1 aliphatic rings. The number of hydrogen-bond acceptors (Lipinski definition) is 4. The molecule has 3 aromatic rings. The molecule has 1 aliphatic heterocycles. The number of nitrogens with zero attached hydrogens (tertiary/aromatic N) is 3. The molecule has 4 rings (SSSR count). The predicted octanol–water partition coefficient (Wildman–Crippen LogP) is 4.01. The third kappa shape index (κ3) is 3.39. The fourth-order valence-corrected chi connectivity index (χ4v) is 3.84. The van der Waals surface area contributed by atoms with Gasteiger partial charge in [-0.3, -0.25) is 9.89 Å². The maximum absolute atomic E-state index is 12.9. The van der Waals surface area contributed by atoms with Gasteiger partial charge in [0.05, 0.1) is 6.20 Å². The third-order valence-electron chi connectivity index (χ3n) is 5.25. The maximum Gasteiger partial charge on any atom is 0.276 e. The smallest absolute Gasteiger partial charge is 0.276 e. The summed E-state index contributed by atoms with van der Waals surface area (Å²) in [7, 11) is 0. The molecular formula is C21H24N4O2. The van der Waals surface area contributed by atoms with E-state index in [4.69, 9.17) is 4.42 Å². The summed E-state index contributed by atoms with van der Waals surface area (Å²) in [6.07, 6.45) is 3.87. The molecule has 2 aromatic heterocycles. The number of aromatic nitrogens is 3. The molecule has 0 unspecified atom stereocenters. The van der Waals surface area contributed by atoms with E-state index in [0.717, 1.165) is 36.2 Å². The van der Waals surface area contributed by atoms with Crippen LogP contribution < -0.4 is 0 Å². The molecule has 6 nitrogen and oxygen atoms in total. The minimum atomic E-state index is -0.0505. The standard InChI is InChI=1S/C21H24N4O2/c1-13-6-8-16(9-7-13)18-11-22-24-20(18)17-5-4-10-25(12-17)21(26)19-14(2)27-15(3)23-19/h6-9,11,17H,4-5,10,12H2,1-3H3,(H,22,24)/t17-/m0/s1. The van der Waals surface area contributed by atoms with Gasteiger partial charge in [0.1, 0.15) is 5.76 Å². The number of oxazole rings is 1. The van der Waals surface area contributed by atoms with Crippen molar-refractivity contribution < 1.29 is 9.21 Å². The summed E-state index contributed by atoms with van der Waals surface area (Å²) < 4.78 is 5.44. The quantitative estimate of drug-likeness (QED) is 0.762. The van der Waals surface area contributed by atoms with Gasteiger partial charge in [0.25, 0.3) is 5.91 Å². The van der Waals surface area contributed by atoms with E-state index in [-0.39, 0.29) is 11.8 Å². The number of likely N-dealkylation sites (tertiary alicyclic amines) is 1. The number of H-pyrrole nitrogens is 1. The number of amides is 1. The van der Waals surface area contributed by atoms with Crippen molar-refractivity contribution in [3.8, 4) is 11.1 Å². The van der Waals surface area contributed by atoms with Crippen LogP contribution in [0.1, 0.15) is 52.2 Å². The molecule has 1 atom stereocenters. The van der Waals surface area contributed by atoms with Gasteiger partial charge >= 0.3 is 0 Å². The van der Waals surface area contributed by atoms with Gasteiger partial charge in [0, 0.05) is 37.2 Å². The highest BCUT2D eigenvalue weighted by molar-refractivity contribution is 5.93. The molecule has 1 N–H and O–H groups in total. The molecule has 0 radical (unpaired) electrons. The van der Waals surface area contributed by atoms with Crippen LogP contribution in [0, 0.1) is 20.8 Å². The van der Waals surface area contributed by atoms with Gasteiger partial charge in [-0.2, -0.15) is 5.10 Å². The van der Waals surface area contributed by atoms with Gasteiger partial charge in [0.15, 0.2) is 11.6 Å². The molecule has 0 bridgehead atoms. The number of rotatable bonds is 3. The Hall–Kier alpha value is -2.89. The molecule has 1 aromatic carbocycles. The lowest BCUT2D eigenvalue weighted by molar-refractivity contribution is 0.0699. The normalized spacial score (nSPS) is 17.3. The van der Waals surface area contributed by atoms with Crippen LogP contribution in [0.5, 0.6) is 0 Å². The van der Waals surface area contributed by atoms with Gasteiger partial charge in [-0.1, -0.05) is 29.8 Å². The van der Waals surface area contributed by atoms with Crippen molar-refractivity contribution in [1.29, 1.82) is 0 Å². The SMILES string of the molecule is Cc1ccc(-c2cn[nH]c2[C@H]2CCCN(C(=O)c3nc(C)oc3C)C2)cc1. The number of carbonyl (C=O) groups excluding carboxylic acids is 1. The highest BCUT2D eigenvalue weighted by Gasteiger charge is 2.30. The Morgan fingerprint density at radius 3 is 2.70 bits per heavy atom. The second-order valence-electron chi connectivity index (χ2n) is 7.29. The van der Waals surface area contributed by atoms with Gasteiger partial charge in [0.2, 0.25) is 0 Å². The Morgan fingerprint density at radius 1 is 1.22 bits per heavy atom. The van der Waals surface area contributed by atoms with Crippen molar-refractivity contribution in [2.24, 2.45) is 0 Å². The van der Waals surface area contributed by atoms with Crippen molar-refractivity contribution >= 4 is 5.91 Å². The minimum Gasteiger partial charge on any atom is -0.445 e. The zero-order valence-corrected chi connectivity index (χ0v) is 16.0. The van der Waals surface area contributed by atoms with E-state index >= 15 is 0 Å². The number of benzene rings is 1. The monoisotopic (exact) mass is 364 g/mol. The molecule has 27 heavy (non-hydrogen) atoms. The zero-order chi connectivity index (χ0) is 19.0. The number of piperidine rings is 1. The van der Waals surface area contributed by atoms with E-state index in [1.54, 1.807) is 13.8 Å². The second-order valence-corrected chi connectivity index (χ2v) is 7.29. The Labute approximate surface area is 158 Å². The largest absolute Gasteiger partial charge is 0.445 e. The van der Waals surface area contributed by atoms with E-state index in [1.807, 2.05) is 11.1 Å². The van der Waals surface area contributed by atoms with Gasteiger partial charge in [-0.25, -0.2) is 4.98 Å². The van der Waals surface area contributed by atoms with Crippen LogP contribution in [0.2, 0.25) is 0 Å². The van der Waals surface area contributed by atoms with Crippen molar-refractivity contribution in [1.82, 2.24) is 20.1 Å². The summed E-state index contributed by atoms with van der Waals surface area (Å²) in [6, 6.07) is 8.46. The van der Waals surface area contributed by atoms with Crippen LogP contribution in [0.25, 0.3) is 11.1 Å². The first-order valence-electron chi connectivity index (χ1n) is 9.36. The van der Waals surface area contributed by atoms with Crippen molar-refractivity contribution in [3.05, 3.63) is 59.1 Å². The Balaban J connectivity index is 1.57. The van der Waals surface area contributed by atoms with Gasteiger partial charge in [-0.15, -0.1) is 0 Å². The molecule has 3 heterocycles. The van der Waals surface area contributed by atoms with E-state index in [2.05, 4.69) is 46.4 Å². The van der Waals surface area contributed by atoms with Gasteiger partial charge < -0.3 is 9.32 Å². The first kappa shape index (κ1) is 17.5. The third-order valence-corrected chi connectivity index (χ3v) is 5.25. The first-order valence-corrected chi connectivity index (χ1v) is 9.36. The summed E-state index contributed by atoms with van der Waals surface area (Å²) in [5.41, 5.74) is 5.02. The molecule has 1 fully saturated rings. The number of hydrogen-bond donors (Lipinski definition) is 1. The average molecular weight is 364 g/mol. The second kappa shape index (κ2) is 7.02. The average Bonchev–Trinajstić information content (AvgIpc) is 3.28. The fourth-order valence-electron chi connectivity index (χ4n) is 3.84. The van der Waals surface area contributed by atoms with Crippen molar-refractivity contribution in [2.45, 2.75) is 39.5 Å². The number of nitrogens with one attached hydrogen (secondary N) is 1. The highest BCUT2D eigenvalue weighted by Crippen LogP contribution is 2.33. The molecule has 0 spiro atoms. The lowest BCUT2D eigenvalue weighted by Gasteiger charge is -2.32. The zero-order valence-electron chi connectivity index (χ0n) is 16.0. The topological polar surface area (TPSA) is 75.0 Å². The van der Waals surface area contributed by atoms with Gasteiger partial charge in [-0.05, 0) is 32.3 Å². The summed E-state index contributed by atoms with van der Waals surface area (Å²) in [4.78, 5) is 19.1. The molecule has 0 saturated carbocycles. The van der Waals surface area contributed by atoms with E-state index in [9.17, 15) is 4.79 Å². The van der Waals surface area contributed by atoms with E-state index < -0.39 is 0 Å². The predicted molar refractivity (Wildman–Crippen MR) is 103 cm³/mol. The number of aryl methyl sites for hydroxylation is 3. The van der Waals surface area contributed by atoms with Crippen LogP contribution in [0.15, 0.2) is 34.9 Å². The van der Waals surface area contributed by atoms with Crippen molar-refractivity contribution in [2.75, 3.05) is 13.1 Å². The number of aromatic amines is 1. The summed E-state index contributed by atoms with van der Waals surface area (Å²) in [5, 5.41) is 7.47. The fraction of sp³-hybridized carbons (Fsp3) is 0.381. The molecule has 1 saturated heterocycles. The van der Waals surface area contributed by atoms with Crippen LogP contribution in [0.3, 0.4) is 0 Å². The lowest BCUT2D eigenvalue weighted by Crippen LogP contribution is -2.39. The minimum absolute atomic E-state index is 0.0505. The van der Waals surface area contributed by atoms with Crippen LogP contribution >= 0.6 is 0 Å². The molecular weight excluding hydrogens is 340 g/mol. The summed E-state index contributed by atoms with van der Waals surface area (Å²) in [5.74, 6) is 1.29. The van der Waals surface area contributed by atoms with Crippen LogP contribution in [-0.2, 0) is 0 Å². The van der Waals surface area contributed by atoms with E-state index in [1.165, 1.54) is 5.56 Å². The first-order chi connectivity index (χ1) is 13.0.